The summed E-state index contributed by atoms with van der Waals surface area (Å²) in [6, 6.07) is 6.37. The molecule has 0 spiro atoms. The predicted molar refractivity (Wildman–Crippen MR) is 63.8 cm³/mol. The number of benzene rings is 1. The number of hydrogen-bond acceptors (Lipinski definition) is 4. The lowest BCUT2D eigenvalue weighted by atomic mass is 10.1. The summed E-state index contributed by atoms with van der Waals surface area (Å²) in [7, 11) is 1.31. The summed E-state index contributed by atoms with van der Waals surface area (Å²) in [6.07, 6.45) is 0. The zero-order valence-electron chi connectivity index (χ0n) is 9.30. The zero-order valence-corrected chi connectivity index (χ0v) is 10.1. The van der Waals surface area contributed by atoms with Crippen LogP contribution in [0, 0.1) is 0 Å². The number of rotatable bonds is 4. The third-order valence-electron chi connectivity index (χ3n) is 1.98. The maximum absolute atomic E-state index is 11.2. The van der Waals surface area contributed by atoms with Gasteiger partial charge in [-0.15, -0.1) is 12.4 Å². The number of halogens is 1. The first kappa shape index (κ1) is 14.7. The van der Waals surface area contributed by atoms with Crippen molar-refractivity contribution >= 4 is 18.4 Å². The van der Waals surface area contributed by atoms with Crippen LogP contribution in [0.1, 0.15) is 18.5 Å². The Morgan fingerprint density at radius 3 is 2.75 bits per heavy atom. The minimum atomic E-state index is -0.754. The molecule has 16 heavy (non-hydrogen) atoms. The van der Waals surface area contributed by atoms with Gasteiger partial charge in [-0.2, -0.15) is 0 Å². The van der Waals surface area contributed by atoms with Crippen molar-refractivity contribution in [2.45, 2.75) is 13.0 Å². The van der Waals surface area contributed by atoms with Crippen molar-refractivity contribution in [2.75, 3.05) is 13.7 Å². The Balaban J connectivity index is 0.00000225. The van der Waals surface area contributed by atoms with Crippen LogP contribution in [0.4, 0.5) is 0 Å². The number of nitrogens with two attached hydrogens (primary N) is 1. The molecule has 4 nitrogen and oxygen atoms in total. The van der Waals surface area contributed by atoms with Crippen LogP contribution >= 0.6 is 12.4 Å². The molecule has 0 unspecified atom stereocenters. The Kier molecular flexibility index (Phi) is 6.53. The Morgan fingerprint density at radius 1 is 1.50 bits per heavy atom. The van der Waals surface area contributed by atoms with Gasteiger partial charge in [-0.1, -0.05) is 12.1 Å². The molecule has 0 saturated heterocycles. The first-order valence-corrected chi connectivity index (χ1v) is 4.75. The van der Waals surface area contributed by atoms with Gasteiger partial charge in [-0.25, -0.2) is 0 Å². The standard InChI is InChI=1S/C11H15NO3.ClH/c1-3-15-9-6-4-5-8(7-9)10(12)11(13)14-2;/h4-7,10H,3,12H2,1-2H3;1H/t10-;/m1./s1. The number of hydrogen-bond donors (Lipinski definition) is 1. The Morgan fingerprint density at radius 2 is 2.19 bits per heavy atom. The van der Waals surface area contributed by atoms with Crippen LogP contribution in [0.2, 0.25) is 0 Å². The molecule has 0 aromatic heterocycles. The van der Waals surface area contributed by atoms with Gasteiger partial charge in [0.2, 0.25) is 0 Å². The van der Waals surface area contributed by atoms with E-state index < -0.39 is 12.0 Å². The second kappa shape index (κ2) is 7.09. The molecule has 2 N–H and O–H groups in total. The Bertz CT molecular complexity index is 344. The van der Waals surface area contributed by atoms with Crippen LogP contribution in [0.25, 0.3) is 0 Å². The van der Waals surface area contributed by atoms with Crippen LogP contribution in [-0.4, -0.2) is 19.7 Å². The highest BCUT2D eigenvalue weighted by molar-refractivity contribution is 5.85. The predicted octanol–water partition coefficient (Wildman–Crippen LogP) is 1.68. The fraction of sp³-hybridized carbons (Fsp3) is 0.364. The number of carbonyl (C=O) groups is 1. The van der Waals surface area contributed by atoms with Crippen LogP contribution < -0.4 is 10.5 Å². The summed E-state index contributed by atoms with van der Waals surface area (Å²) >= 11 is 0. The summed E-state index contributed by atoms with van der Waals surface area (Å²) < 4.78 is 9.86. The molecule has 0 heterocycles. The van der Waals surface area contributed by atoms with Crippen molar-refractivity contribution in [3.05, 3.63) is 29.8 Å². The number of carbonyl (C=O) groups excluding carboxylic acids is 1. The van der Waals surface area contributed by atoms with E-state index in [9.17, 15) is 4.79 Å². The van der Waals surface area contributed by atoms with Crippen LogP contribution in [0.15, 0.2) is 24.3 Å². The lowest BCUT2D eigenvalue weighted by Crippen LogP contribution is -2.22. The Labute approximate surface area is 101 Å². The van der Waals surface area contributed by atoms with Gasteiger partial charge >= 0.3 is 5.97 Å². The summed E-state index contributed by atoms with van der Waals surface area (Å²) in [6.45, 7) is 2.48. The lowest BCUT2D eigenvalue weighted by molar-refractivity contribution is -0.142. The first-order chi connectivity index (χ1) is 7.19. The topological polar surface area (TPSA) is 61.5 Å². The molecule has 1 rings (SSSR count). The second-order valence-electron chi connectivity index (χ2n) is 3.01. The largest absolute Gasteiger partial charge is 0.494 e. The van der Waals surface area contributed by atoms with E-state index >= 15 is 0 Å². The number of methoxy groups -OCH3 is 1. The van der Waals surface area contributed by atoms with E-state index in [1.54, 1.807) is 18.2 Å². The zero-order chi connectivity index (χ0) is 11.3. The average molecular weight is 246 g/mol. The van der Waals surface area contributed by atoms with Gasteiger partial charge in [0.25, 0.3) is 0 Å². The molecule has 1 atom stereocenters. The minimum Gasteiger partial charge on any atom is -0.494 e. The van der Waals surface area contributed by atoms with Gasteiger partial charge < -0.3 is 15.2 Å². The minimum absolute atomic E-state index is 0. The van der Waals surface area contributed by atoms with E-state index in [2.05, 4.69) is 4.74 Å². The molecule has 0 fully saturated rings. The van der Waals surface area contributed by atoms with E-state index in [1.165, 1.54) is 7.11 Å². The number of esters is 1. The normalized spacial score (nSPS) is 11.2. The van der Waals surface area contributed by atoms with E-state index in [-0.39, 0.29) is 12.4 Å². The monoisotopic (exact) mass is 245 g/mol. The molecule has 90 valence electrons. The van der Waals surface area contributed by atoms with E-state index in [0.29, 0.717) is 17.9 Å². The van der Waals surface area contributed by atoms with Crippen molar-refractivity contribution in [1.82, 2.24) is 0 Å². The fourth-order valence-corrected chi connectivity index (χ4v) is 1.23. The molecule has 1 aromatic rings. The molecule has 0 aliphatic rings. The van der Waals surface area contributed by atoms with Crippen molar-refractivity contribution in [3.63, 3.8) is 0 Å². The molecule has 0 bridgehead atoms. The highest BCUT2D eigenvalue weighted by atomic mass is 35.5. The van der Waals surface area contributed by atoms with E-state index in [4.69, 9.17) is 10.5 Å². The van der Waals surface area contributed by atoms with Crippen LogP contribution in [0.3, 0.4) is 0 Å². The molecule has 0 saturated carbocycles. The van der Waals surface area contributed by atoms with Gasteiger partial charge in [-0.3, -0.25) is 4.79 Å². The second-order valence-corrected chi connectivity index (χ2v) is 3.01. The molecule has 1 aromatic carbocycles. The van der Waals surface area contributed by atoms with Crippen LogP contribution in [0.5, 0.6) is 5.75 Å². The fourth-order valence-electron chi connectivity index (χ4n) is 1.23. The molecule has 0 amide bonds. The summed E-state index contributed by atoms with van der Waals surface area (Å²) in [5, 5.41) is 0. The van der Waals surface area contributed by atoms with Crippen molar-refractivity contribution in [1.29, 1.82) is 0 Å². The van der Waals surface area contributed by atoms with Gasteiger partial charge in [-0.05, 0) is 24.6 Å². The maximum atomic E-state index is 11.2. The molecule has 5 heteroatoms. The smallest absolute Gasteiger partial charge is 0.327 e. The summed E-state index contributed by atoms with van der Waals surface area (Å²) in [5.41, 5.74) is 6.37. The van der Waals surface area contributed by atoms with E-state index in [1.807, 2.05) is 13.0 Å². The average Bonchev–Trinajstić information content (AvgIpc) is 2.28. The van der Waals surface area contributed by atoms with Crippen LogP contribution in [-0.2, 0) is 9.53 Å². The highest BCUT2D eigenvalue weighted by Crippen LogP contribution is 2.18. The van der Waals surface area contributed by atoms with Gasteiger partial charge in [0.15, 0.2) is 0 Å². The number of ether oxygens (including phenoxy) is 2. The lowest BCUT2D eigenvalue weighted by Gasteiger charge is -2.11. The first-order valence-electron chi connectivity index (χ1n) is 4.75. The van der Waals surface area contributed by atoms with Gasteiger partial charge in [0, 0.05) is 0 Å². The van der Waals surface area contributed by atoms with Crippen molar-refractivity contribution in [2.24, 2.45) is 5.73 Å². The third-order valence-corrected chi connectivity index (χ3v) is 1.98. The molecule has 0 aliphatic heterocycles. The maximum Gasteiger partial charge on any atom is 0.327 e. The molecule has 0 aliphatic carbocycles. The molecular formula is C11H16ClNO3. The summed E-state index contributed by atoms with van der Waals surface area (Å²) in [5.74, 6) is 0.248. The quantitative estimate of drug-likeness (QED) is 0.820. The van der Waals surface area contributed by atoms with Gasteiger partial charge in [0.05, 0.1) is 13.7 Å². The SMILES string of the molecule is CCOc1cccc([C@@H](N)C(=O)OC)c1.Cl. The molecular weight excluding hydrogens is 230 g/mol. The molecule has 0 radical (unpaired) electrons. The third kappa shape index (κ3) is 3.72. The summed E-state index contributed by atoms with van der Waals surface area (Å²) in [4.78, 5) is 11.2. The van der Waals surface area contributed by atoms with Crippen molar-refractivity contribution < 1.29 is 14.3 Å². The van der Waals surface area contributed by atoms with E-state index in [0.717, 1.165) is 0 Å². The van der Waals surface area contributed by atoms with Gasteiger partial charge in [0.1, 0.15) is 11.8 Å². The van der Waals surface area contributed by atoms with Crippen molar-refractivity contribution in [3.8, 4) is 5.75 Å². The Hall–Kier alpha value is -1.26. The highest BCUT2D eigenvalue weighted by Gasteiger charge is 2.16.